The van der Waals surface area contributed by atoms with E-state index in [9.17, 15) is 9.18 Å². The average Bonchev–Trinajstić information content (AvgIpc) is 2.35. The van der Waals surface area contributed by atoms with Crippen LogP contribution in [0.25, 0.3) is 6.08 Å². The van der Waals surface area contributed by atoms with E-state index >= 15 is 0 Å². The highest BCUT2D eigenvalue weighted by molar-refractivity contribution is 5.68. The fourth-order valence-electron chi connectivity index (χ4n) is 1.68. The van der Waals surface area contributed by atoms with E-state index < -0.39 is 5.60 Å². The summed E-state index contributed by atoms with van der Waals surface area (Å²) in [4.78, 5) is 13.5. The minimum absolute atomic E-state index is 0.00431. The summed E-state index contributed by atoms with van der Waals surface area (Å²) in [5.41, 5.74) is 0.310. The third-order valence-electron chi connectivity index (χ3n) is 2.98. The van der Waals surface area contributed by atoms with Crippen molar-refractivity contribution < 1.29 is 13.9 Å². The van der Waals surface area contributed by atoms with E-state index in [0.717, 1.165) is 5.56 Å². The minimum Gasteiger partial charge on any atom is -0.444 e. The monoisotopic (exact) mass is 293 g/mol. The standard InChI is InChI=1S/C17H24FNO2/c1-13(19(5)16(20)21-17(2,3)4)8-6-9-14-10-7-11-15(18)12-14/h6-7,9-13H,8H2,1-5H3/b9-6+. The molecular formula is C17H24FNO2. The lowest BCUT2D eigenvalue weighted by atomic mass is 10.1. The highest BCUT2D eigenvalue weighted by Gasteiger charge is 2.22. The predicted octanol–water partition coefficient (Wildman–Crippen LogP) is 4.48. The molecule has 1 aromatic rings. The second kappa shape index (κ2) is 7.25. The summed E-state index contributed by atoms with van der Waals surface area (Å²) in [7, 11) is 1.72. The number of hydrogen-bond donors (Lipinski definition) is 0. The Morgan fingerprint density at radius 2 is 2.10 bits per heavy atom. The molecule has 0 bridgehead atoms. The van der Waals surface area contributed by atoms with Crippen LogP contribution in [0.4, 0.5) is 9.18 Å². The maximum absolute atomic E-state index is 13.0. The number of hydrogen-bond acceptors (Lipinski definition) is 2. The first-order valence-corrected chi connectivity index (χ1v) is 7.07. The van der Waals surface area contributed by atoms with Crippen LogP contribution >= 0.6 is 0 Å². The van der Waals surface area contributed by atoms with Gasteiger partial charge < -0.3 is 9.64 Å². The first-order valence-electron chi connectivity index (χ1n) is 7.07. The molecule has 3 nitrogen and oxygen atoms in total. The maximum Gasteiger partial charge on any atom is 0.410 e. The Balaban J connectivity index is 2.53. The van der Waals surface area contributed by atoms with Crippen molar-refractivity contribution in [3.05, 3.63) is 41.7 Å². The summed E-state index contributed by atoms with van der Waals surface area (Å²) in [6.07, 6.45) is 4.11. The molecule has 21 heavy (non-hydrogen) atoms. The quantitative estimate of drug-likeness (QED) is 0.819. The molecule has 0 saturated heterocycles. The molecule has 0 heterocycles. The van der Waals surface area contributed by atoms with Crippen molar-refractivity contribution in [3.8, 4) is 0 Å². The van der Waals surface area contributed by atoms with Crippen LogP contribution in [0.5, 0.6) is 0 Å². The molecule has 0 spiro atoms. The average molecular weight is 293 g/mol. The van der Waals surface area contributed by atoms with Crippen LogP contribution < -0.4 is 0 Å². The third kappa shape index (κ3) is 6.43. The van der Waals surface area contributed by atoms with Gasteiger partial charge in [0, 0.05) is 13.1 Å². The number of rotatable bonds is 4. The van der Waals surface area contributed by atoms with Crippen LogP contribution in [-0.2, 0) is 4.74 Å². The lowest BCUT2D eigenvalue weighted by Crippen LogP contribution is -2.39. The van der Waals surface area contributed by atoms with Gasteiger partial charge in [0.05, 0.1) is 0 Å². The van der Waals surface area contributed by atoms with Gasteiger partial charge >= 0.3 is 6.09 Å². The van der Waals surface area contributed by atoms with Gasteiger partial charge in [-0.1, -0.05) is 24.3 Å². The van der Waals surface area contributed by atoms with E-state index in [4.69, 9.17) is 4.74 Å². The number of nitrogens with zero attached hydrogens (tertiary/aromatic N) is 1. The van der Waals surface area contributed by atoms with Crippen LogP contribution in [0.15, 0.2) is 30.3 Å². The van der Waals surface area contributed by atoms with Crippen molar-refractivity contribution in [1.29, 1.82) is 0 Å². The number of amides is 1. The zero-order valence-electron chi connectivity index (χ0n) is 13.4. The summed E-state index contributed by atoms with van der Waals surface area (Å²) < 4.78 is 18.4. The molecule has 1 unspecified atom stereocenters. The lowest BCUT2D eigenvalue weighted by Gasteiger charge is -2.28. The van der Waals surface area contributed by atoms with Crippen LogP contribution in [0, 0.1) is 5.82 Å². The Morgan fingerprint density at radius 1 is 1.43 bits per heavy atom. The van der Waals surface area contributed by atoms with Gasteiger partial charge in [-0.25, -0.2) is 9.18 Å². The van der Waals surface area contributed by atoms with Gasteiger partial charge in [-0.05, 0) is 51.8 Å². The minimum atomic E-state index is -0.498. The van der Waals surface area contributed by atoms with Crippen LogP contribution in [0.1, 0.15) is 39.7 Å². The summed E-state index contributed by atoms with van der Waals surface area (Å²) in [6.45, 7) is 7.47. The van der Waals surface area contributed by atoms with Gasteiger partial charge in [-0.2, -0.15) is 0 Å². The summed E-state index contributed by atoms with van der Waals surface area (Å²) in [5.74, 6) is -0.254. The Labute approximate surface area is 126 Å². The summed E-state index contributed by atoms with van der Waals surface area (Å²) >= 11 is 0. The molecule has 1 atom stereocenters. The highest BCUT2D eigenvalue weighted by Crippen LogP contribution is 2.13. The molecule has 0 aromatic heterocycles. The number of benzene rings is 1. The lowest BCUT2D eigenvalue weighted by molar-refractivity contribution is 0.0238. The van der Waals surface area contributed by atoms with Crippen LogP contribution in [-0.4, -0.2) is 29.7 Å². The van der Waals surface area contributed by atoms with Gasteiger partial charge in [-0.15, -0.1) is 0 Å². The molecular weight excluding hydrogens is 269 g/mol. The summed E-state index contributed by atoms with van der Waals surface area (Å²) in [6, 6.07) is 6.40. The van der Waals surface area contributed by atoms with E-state index in [1.54, 1.807) is 18.0 Å². The Hall–Kier alpha value is -1.84. The molecule has 0 N–H and O–H groups in total. The van der Waals surface area contributed by atoms with Crippen molar-refractivity contribution in [2.24, 2.45) is 0 Å². The molecule has 0 radical (unpaired) electrons. The molecule has 0 aliphatic carbocycles. The Kier molecular flexibility index (Phi) is 5.94. The van der Waals surface area contributed by atoms with Gasteiger partial charge in [0.2, 0.25) is 0 Å². The largest absolute Gasteiger partial charge is 0.444 e. The predicted molar refractivity (Wildman–Crippen MR) is 83.5 cm³/mol. The molecule has 0 aliphatic heterocycles. The van der Waals surface area contributed by atoms with E-state index in [2.05, 4.69) is 0 Å². The normalized spacial score (nSPS) is 13.2. The first kappa shape index (κ1) is 17.2. The maximum atomic E-state index is 13.0. The third-order valence-corrected chi connectivity index (χ3v) is 2.98. The molecule has 4 heteroatoms. The number of halogens is 1. The van der Waals surface area contributed by atoms with E-state index in [-0.39, 0.29) is 18.0 Å². The highest BCUT2D eigenvalue weighted by atomic mass is 19.1. The molecule has 0 saturated carbocycles. The Bertz CT molecular complexity index is 506. The van der Waals surface area contributed by atoms with E-state index in [0.29, 0.717) is 6.42 Å². The van der Waals surface area contributed by atoms with Crippen molar-refractivity contribution >= 4 is 12.2 Å². The second-order valence-corrected chi connectivity index (χ2v) is 6.13. The van der Waals surface area contributed by atoms with Crippen molar-refractivity contribution in [2.45, 2.75) is 45.8 Å². The van der Waals surface area contributed by atoms with E-state index in [1.807, 2.05) is 45.9 Å². The smallest absolute Gasteiger partial charge is 0.410 e. The number of carbonyl (C=O) groups excluding carboxylic acids is 1. The van der Waals surface area contributed by atoms with Gasteiger partial charge in [-0.3, -0.25) is 0 Å². The van der Waals surface area contributed by atoms with Crippen molar-refractivity contribution in [3.63, 3.8) is 0 Å². The van der Waals surface area contributed by atoms with Crippen molar-refractivity contribution in [1.82, 2.24) is 4.90 Å². The fraction of sp³-hybridized carbons (Fsp3) is 0.471. The first-order chi connectivity index (χ1) is 9.69. The van der Waals surface area contributed by atoms with Crippen molar-refractivity contribution in [2.75, 3.05) is 7.05 Å². The SMILES string of the molecule is CC(C/C=C/c1cccc(F)c1)N(C)C(=O)OC(C)(C)C. The second-order valence-electron chi connectivity index (χ2n) is 6.13. The Morgan fingerprint density at radius 3 is 2.67 bits per heavy atom. The van der Waals surface area contributed by atoms with Gasteiger partial charge in [0.15, 0.2) is 0 Å². The van der Waals surface area contributed by atoms with Crippen LogP contribution in [0.2, 0.25) is 0 Å². The topological polar surface area (TPSA) is 29.5 Å². The molecule has 116 valence electrons. The van der Waals surface area contributed by atoms with Crippen LogP contribution in [0.3, 0.4) is 0 Å². The molecule has 0 aliphatic rings. The molecule has 1 aromatic carbocycles. The molecule has 0 fully saturated rings. The number of ether oxygens (including phenoxy) is 1. The molecule has 1 amide bonds. The van der Waals surface area contributed by atoms with Gasteiger partial charge in [0.1, 0.15) is 11.4 Å². The zero-order valence-corrected chi connectivity index (χ0v) is 13.4. The fourth-order valence-corrected chi connectivity index (χ4v) is 1.68. The van der Waals surface area contributed by atoms with E-state index in [1.165, 1.54) is 12.1 Å². The number of carbonyl (C=O) groups is 1. The summed E-state index contributed by atoms with van der Waals surface area (Å²) in [5, 5.41) is 0. The zero-order chi connectivity index (χ0) is 16.0. The van der Waals surface area contributed by atoms with Gasteiger partial charge in [0.25, 0.3) is 0 Å². The molecule has 1 rings (SSSR count).